The number of aliphatic carboxylic acids is 4. The van der Waals surface area contributed by atoms with Crippen LogP contribution in [0.15, 0.2) is 0 Å². The summed E-state index contributed by atoms with van der Waals surface area (Å²) in [6.45, 7) is 23.7. The maximum absolute atomic E-state index is 12.1. The normalized spacial score (nSPS) is 48.1. The molecule has 15 heteroatoms. The van der Waals surface area contributed by atoms with E-state index in [4.69, 9.17) is 11.5 Å². The molecule has 9 rings (SSSR count). The van der Waals surface area contributed by atoms with Gasteiger partial charge in [-0.3, -0.25) is 19.2 Å². The van der Waals surface area contributed by atoms with Gasteiger partial charge >= 0.3 is 23.9 Å². The van der Waals surface area contributed by atoms with Crippen molar-refractivity contribution in [2.75, 3.05) is 12.5 Å². The number of sulfone groups is 1. The fourth-order valence-corrected chi connectivity index (χ4v) is 20.8. The van der Waals surface area contributed by atoms with Gasteiger partial charge in [0.1, 0.15) is 9.84 Å². The number of hydrogen-bond donors (Lipinski definition) is 8. The fourth-order valence-electron chi connectivity index (χ4n) is 20.8. The van der Waals surface area contributed by atoms with Crippen molar-refractivity contribution in [3.63, 3.8) is 0 Å². The number of aliphatic hydroxyl groups is 2. The van der Waals surface area contributed by atoms with Crippen molar-refractivity contribution in [1.82, 2.24) is 0 Å². The van der Waals surface area contributed by atoms with E-state index in [0.717, 1.165) is 122 Å². The third kappa shape index (κ3) is 12.1. The first-order chi connectivity index (χ1) is 35.4. The van der Waals surface area contributed by atoms with E-state index in [9.17, 15) is 58.2 Å². The van der Waals surface area contributed by atoms with Gasteiger partial charge in [0.25, 0.3) is 0 Å². The summed E-state index contributed by atoms with van der Waals surface area (Å²) in [7, 11) is -2.67. The molecule has 0 aromatic carbocycles. The van der Waals surface area contributed by atoms with Crippen molar-refractivity contribution in [2.24, 2.45) is 126 Å². The van der Waals surface area contributed by atoms with E-state index in [-0.39, 0.29) is 75.7 Å². The molecule has 9 fully saturated rings. The number of carbonyl (C=O) groups is 4. The SMILES string of the molecule is CC(C)C1CCC2C(C(N)CC3C(C)(C(=O)O)CCCC23C)C1N.CC(C)C1CCC2C(C(O)CC3C(C)(C(=O)O)CCCC23C)C1O.CC1(CC(=O)O)CCC2C(CCC3C(C)(C(=O)O)CCCC23C)C1.CS(C)(=O)=O. The number of rotatable bonds is 7. The summed E-state index contributed by atoms with van der Waals surface area (Å²) in [5.41, 5.74) is 11.4. The molecule has 0 amide bonds. The van der Waals surface area contributed by atoms with Gasteiger partial charge in [0.2, 0.25) is 0 Å². The van der Waals surface area contributed by atoms with Gasteiger partial charge in [0, 0.05) is 30.5 Å². The van der Waals surface area contributed by atoms with Crippen LogP contribution < -0.4 is 11.5 Å². The molecule has 0 aliphatic heterocycles. The Morgan fingerprint density at radius 2 is 0.948 bits per heavy atom. The Morgan fingerprint density at radius 3 is 1.39 bits per heavy atom. The molecule has 9 saturated carbocycles. The lowest BCUT2D eigenvalue weighted by Crippen LogP contribution is -2.65. The topological polar surface area (TPSA) is 276 Å². The number of nitrogens with two attached hydrogens (primary N) is 2. The molecular weight excluding hydrogens is 997 g/mol. The summed E-state index contributed by atoms with van der Waals surface area (Å²) in [5.74, 6) is 1.67. The molecule has 10 N–H and O–H groups in total. The average Bonchev–Trinajstić information content (AvgIpc) is 3.29. The van der Waals surface area contributed by atoms with Crippen LogP contribution in [0, 0.1) is 115 Å². The van der Waals surface area contributed by atoms with Gasteiger partial charge in [0.15, 0.2) is 0 Å². The first-order valence-electron chi connectivity index (χ1n) is 30.3. The van der Waals surface area contributed by atoms with Crippen molar-refractivity contribution in [3.8, 4) is 0 Å². The predicted molar refractivity (Wildman–Crippen MR) is 301 cm³/mol. The van der Waals surface area contributed by atoms with Crippen LogP contribution in [0.3, 0.4) is 0 Å². The van der Waals surface area contributed by atoms with Crippen molar-refractivity contribution >= 4 is 33.7 Å². The van der Waals surface area contributed by atoms with Crippen LogP contribution in [-0.4, -0.2) is 99.7 Å². The van der Waals surface area contributed by atoms with Gasteiger partial charge in [-0.15, -0.1) is 0 Å². The van der Waals surface area contributed by atoms with Gasteiger partial charge in [-0.2, -0.15) is 0 Å². The van der Waals surface area contributed by atoms with Gasteiger partial charge in [0.05, 0.1) is 34.9 Å². The molecule has 0 saturated heterocycles. The summed E-state index contributed by atoms with van der Waals surface area (Å²) in [6.07, 6.45) is 20.8. The number of carboxylic acid groups (broad SMARTS) is 4. The summed E-state index contributed by atoms with van der Waals surface area (Å²) in [5, 5.41) is 60.8. The summed E-state index contributed by atoms with van der Waals surface area (Å²) < 4.78 is 19.3. The molecule has 0 aromatic rings. The van der Waals surface area contributed by atoms with Gasteiger partial charge < -0.3 is 42.1 Å². The lowest BCUT2D eigenvalue weighted by atomic mass is 9.42. The molecule has 0 aromatic heterocycles. The van der Waals surface area contributed by atoms with Crippen LogP contribution in [0.2, 0.25) is 0 Å². The molecule has 14 nitrogen and oxygen atoms in total. The Bertz CT molecular complexity index is 2150. The van der Waals surface area contributed by atoms with Crippen LogP contribution in [0.25, 0.3) is 0 Å². The van der Waals surface area contributed by atoms with E-state index >= 15 is 0 Å². The highest BCUT2D eigenvalue weighted by molar-refractivity contribution is 7.89. The minimum atomic E-state index is -2.67. The first kappa shape index (κ1) is 63.8. The molecule has 444 valence electrons. The minimum absolute atomic E-state index is 0.00435. The Labute approximate surface area is 464 Å². The van der Waals surface area contributed by atoms with Crippen molar-refractivity contribution in [1.29, 1.82) is 0 Å². The van der Waals surface area contributed by atoms with E-state index in [1.165, 1.54) is 6.42 Å². The molecule has 0 radical (unpaired) electrons. The van der Waals surface area contributed by atoms with Crippen LogP contribution in [-0.2, 0) is 29.0 Å². The highest BCUT2D eigenvalue weighted by atomic mass is 32.2. The standard InChI is InChI=1S/C20H36N2O2.C20H34O4.C20H32O4.C2H6O2S/c2*1-11(2)12-6-7-13-16(17(12)22)14(21)10-15-19(13,3)8-5-9-20(15,4)18(23)24;1-18(12-16(21)22)10-7-14-13(11-18)5-6-15-19(14,2)8-4-9-20(15,3)17(23)24;1-5(2,3)4/h11-17H,5-10,21-22H2,1-4H3,(H,23,24);11-17,21-22H,5-10H2,1-4H3,(H,23,24);13-15H,4-12H2,1-3H3,(H,21,22)(H,23,24);1-2H3. The zero-order valence-corrected chi connectivity index (χ0v) is 50.7. The van der Waals surface area contributed by atoms with Crippen molar-refractivity contribution in [2.45, 2.75) is 235 Å². The van der Waals surface area contributed by atoms with E-state index in [1.54, 1.807) is 0 Å². The third-order valence-electron chi connectivity index (χ3n) is 24.7. The third-order valence-corrected chi connectivity index (χ3v) is 24.7. The quantitative estimate of drug-likeness (QED) is 0.118. The van der Waals surface area contributed by atoms with Crippen molar-refractivity contribution in [3.05, 3.63) is 0 Å². The maximum atomic E-state index is 12.1. The number of fused-ring (bicyclic) bond motifs is 9. The molecule has 9 aliphatic rings. The largest absolute Gasteiger partial charge is 0.481 e. The lowest BCUT2D eigenvalue weighted by Gasteiger charge is -2.63. The van der Waals surface area contributed by atoms with E-state index < -0.39 is 62.2 Å². The van der Waals surface area contributed by atoms with Gasteiger partial charge in [-0.25, -0.2) is 8.42 Å². The molecule has 22 atom stereocenters. The Balaban J connectivity index is 0.000000179. The highest BCUT2D eigenvalue weighted by Gasteiger charge is 2.65. The van der Waals surface area contributed by atoms with E-state index in [2.05, 4.69) is 55.4 Å². The summed E-state index contributed by atoms with van der Waals surface area (Å²) in [4.78, 5) is 47.3. The number of hydrogen-bond acceptors (Lipinski definition) is 10. The zero-order chi connectivity index (χ0) is 58.0. The smallest absolute Gasteiger partial charge is 0.309 e. The Kier molecular flexibility index (Phi) is 19.2. The van der Waals surface area contributed by atoms with E-state index in [0.29, 0.717) is 54.3 Å². The average molecular weight is 1110 g/mol. The highest BCUT2D eigenvalue weighted by Crippen LogP contribution is 2.68. The van der Waals surface area contributed by atoms with Crippen molar-refractivity contribution < 1.29 is 58.2 Å². The van der Waals surface area contributed by atoms with Crippen LogP contribution in [0.4, 0.5) is 0 Å². The second-order valence-corrected chi connectivity index (χ2v) is 32.5. The van der Waals surface area contributed by atoms with Crippen LogP contribution >= 0.6 is 0 Å². The van der Waals surface area contributed by atoms with Crippen LogP contribution in [0.5, 0.6) is 0 Å². The summed E-state index contributed by atoms with van der Waals surface area (Å²) in [6, 6.07) is 0.205. The molecule has 22 unspecified atom stereocenters. The maximum Gasteiger partial charge on any atom is 0.309 e. The molecule has 0 spiro atoms. The predicted octanol–water partition coefficient (Wildman–Crippen LogP) is 10.8. The number of carboxylic acids is 4. The van der Waals surface area contributed by atoms with Gasteiger partial charge in [-0.1, -0.05) is 74.7 Å². The molecule has 0 heterocycles. The zero-order valence-electron chi connectivity index (χ0n) is 49.9. The second kappa shape index (κ2) is 23.1. The van der Waals surface area contributed by atoms with E-state index in [1.807, 2.05) is 20.8 Å². The molecular formula is C62H108N2O12S. The van der Waals surface area contributed by atoms with Gasteiger partial charge in [-0.05, 0) is 223 Å². The molecule has 0 bridgehead atoms. The first-order valence-corrected chi connectivity index (χ1v) is 32.6. The van der Waals surface area contributed by atoms with Crippen LogP contribution in [0.1, 0.15) is 211 Å². The monoisotopic (exact) mass is 1100 g/mol. The minimum Gasteiger partial charge on any atom is -0.481 e. The Hall–Kier alpha value is -2.33. The molecule has 9 aliphatic carbocycles. The molecule has 77 heavy (non-hydrogen) atoms. The summed E-state index contributed by atoms with van der Waals surface area (Å²) >= 11 is 0. The lowest BCUT2D eigenvalue weighted by molar-refractivity contribution is -0.207. The number of aliphatic hydroxyl groups excluding tert-OH is 2. The fraction of sp³-hybridized carbons (Fsp3) is 0.935. The Morgan fingerprint density at radius 1 is 0.532 bits per heavy atom. The second-order valence-electron chi connectivity index (χ2n) is 30.2.